The number of carbonyl (C=O) groups excluding carboxylic acids is 1. The summed E-state index contributed by atoms with van der Waals surface area (Å²) in [5, 5.41) is 11.3. The Labute approximate surface area is 169 Å². The zero-order chi connectivity index (χ0) is 21.2. The lowest BCUT2D eigenvalue weighted by atomic mass is 10.1. The van der Waals surface area contributed by atoms with Crippen LogP contribution in [0.3, 0.4) is 0 Å². The summed E-state index contributed by atoms with van der Waals surface area (Å²) < 4.78 is 39.9. The number of halogens is 1. The summed E-state index contributed by atoms with van der Waals surface area (Å²) in [6.45, 7) is 1.51. The lowest BCUT2D eigenvalue weighted by molar-refractivity contribution is 0.0920. The number of rotatable bonds is 6. The van der Waals surface area contributed by atoms with Crippen molar-refractivity contribution in [3.63, 3.8) is 0 Å². The third-order valence-corrected chi connectivity index (χ3v) is 7.23. The molecule has 1 aliphatic rings. The number of aliphatic hydroxyl groups excluding tert-OH is 1. The Morgan fingerprint density at radius 2 is 1.93 bits per heavy atom. The number of amides is 1. The van der Waals surface area contributed by atoms with Gasteiger partial charge in [-0.25, -0.2) is 17.8 Å². The van der Waals surface area contributed by atoms with E-state index in [0.717, 1.165) is 12.8 Å². The molecule has 0 radical (unpaired) electrons. The number of hydrogen-bond donors (Lipinski definition) is 3. The lowest BCUT2D eigenvalue weighted by Gasteiger charge is -2.17. The normalized spacial score (nSPS) is 16.0. The molecule has 1 aromatic carbocycles. The SMILES string of the molecule is C[C@H](O)CNC(=O)c1nc(-c2ccc(F)cc2)c(S(=O)(=O)C2CCCC2)cc1N. The van der Waals surface area contributed by atoms with Gasteiger partial charge in [0.15, 0.2) is 15.5 Å². The van der Waals surface area contributed by atoms with Crippen LogP contribution in [0.5, 0.6) is 0 Å². The van der Waals surface area contributed by atoms with Crippen LogP contribution in [0.4, 0.5) is 10.1 Å². The highest BCUT2D eigenvalue weighted by Crippen LogP contribution is 2.36. The van der Waals surface area contributed by atoms with E-state index >= 15 is 0 Å². The number of benzene rings is 1. The fourth-order valence-electron chi connectivity index (χ4n) is 3.43. The molecular formula is C20H24FN3O4S. The van der Waals surface area contributed by atoms with Crippen molar-refractivity contribution in [3.05, 3.63) is 41.8 Å². The molecule has 1 aromatic heterocycles. The van der Waals surface area contributed by atoms with E-state index in [0.29, 0.717) is 18.4 Å². The number of nitrogens with two attached hydrogens (primary N) is 1. The number of nitrogen functional groups attached to an aromatic ring is 1. The first-order valence-corrected chi connectivity index (χ1v) is 11.0. The van der Waals surface area contributed by atoms with Gasteiger partial charge < -0.3 is 16.2 Å². The van der Waals surface area contributed by atoms with E-state index in [1.165, 1.54) is 37.3 Å². The van der Waals surface area contributed by atoms with Crippen LogP contribution in [0.25, 0.3) is 11.3 Å². The molecule has 0 saturated heterocycles. The van der Waals surface area contributed by atoms with Crippen molar-refractivity contribution >= 4 is 21.4 Å². The molecule has 2 aromatic rings. The second kappa shape index (κ2) is 8.46. The molecule has 29 heavy (non-hydrogen) atoms. The first-order chi connectivity index (χ1) is 13.7. The quantitative estimate of drug-likeness (QED) is 0.658. The van der Waals surface area contributed by atoms with Gasteiger partial charge in [0.1, 0.15) is 5.82 Å². The molecule has 0 bridgehead atoms. The van der Waals surface area contributed by atoms with E-state index in [1.54, 1.807) is 0 Å². The van der Waals surface area contributed by atoms with E-state index in [1.807, 2.05) is 0 Å². The van der Waals surface area contributed by atoms with E-state index in [2.05, 4.69) is 10.3 Å². The number of carbonyl (C=O) groups is 1. The van der Waals surface area contributed by atoms with Gasteiger partial charge in [0.05, 0.1) is 27.6 Å². The predicted molar refractivity (Wildman–Crippen MR) is 107 cm³/mol. The third-order valence-electron chi connectivity index (χ3n) is 4.96. The van der Waals surface area contributed by atoms with Crippen LogP contribution >= 0.6 is 0 Å². The minimum Gasteiger partial charge on any atom is -0.397 e. The van der Waals surface area contributed by atoms with Crippen molar-refractivity contribution in [2.75, 3.05) is 12.3 Å². The Balaban J connectivity index is 2.13. The maximum atomic E-state index is 13.4. The predicted octanol–water partition coefficient (Wildman–Crippen LogP) is 2.30. The zero-order valence-electron chi connectivity index (χ0n) is 16.1. The van der Waals surface area contributed by atoms with Crippen LogP contribution in [-0.2, 0) is 9.84 Å². The van der Waals surface area contributed by atoms with Crippen LogP contribution < -0.4 is 11.1 Å². The standard InChI is InChI=1S/C20H24FN3O4S/c1-12(25)11-23-20(26)19-16(22)10-17(29(27,28)15-4-2-3-5-15)18(24-19)13-6-8-14(21)9-7-13/h6-10,12,15,25H,2-5,11,22H2,1H3,(H,23,26)/t12-/m0/s1. The fraction of sp³-hybridized carbons (Fsp3) is 0.400. The first-order valence-electron chi connectivity index (χ1n) is 9.46. The molecule has 1 aliphatic carbocycles. The van der Waals surface area contributed by atoms with Crippen molar-refractivity contribution < 1.29 is 22.7 Å². The number of hydrogen-bond acceptors (Lipinski definition) is 6. The molecule has 0 unspecified atom stereocenters. The second-order valence-electron chi connectivity index (χ2n) is 7.29. The number of pyridine rings is 1. The molecule has 4 N–H and O–H groups in total. The first kappa shape index (κ1) is 21.2. The third kappa shape index (κ3) is 4.56. The molecule has 0 spiro atoms. The Morgan fingerprint density at radius 3 is 2.52 bits per heavy atom. The Kier molecular flexibility index (Phi) is 6.18. The van der Waals surface area contributed by atoms with E-state index in [-0.39, 0.29) is 28.5 Å². The molecular weight excluding hydrogens is 397 g/mol. The topological polar surface area (TPSA) is 122 Å². The molecule has 1 atom stereocenters. The van der Waals surface area contributed by atoms with Gasteiger partial charge in [0, 0.05) is 12.1 Å². The van der Waals surface area contributed by atoms with Crippen LogP contribution in [-0.4, -0.2) is 42.3 Å². The molecule has 3 rings (SSSR count). The maximum Gasteiger partial charge on any atom is 0.272 e. The summed E-state index contributed by atoms with van der Waals surface area (Å²) in [5.74, 6) is -1.10. The monoisotopic (exact) mass is 421 g/mol. The summed E-state index contributed by atoms with van der Waals surface area (Å²) in [4.78, 5) is 16.7. The summed E-state index contributed by atoms with van der Waals surface area (Å²) in [5.41, 5.74) is 6.20. The van der Waals surface area contributed by atoms with Gasteiger partial charge >= 0.3 is 0 Å². The summed E-state index contributed by atoms with van der Waals surface area (Å²) in [7, 11) is -3.73. The highest BCUT2D eigenvalue weighted by atomic mass is 32.2. The number of anilines is 1. The van der Waals surface area contributed by atoms with Crippen molar-refractivity contribution in [2.24, 2.45) is 0 Å². The molecule has 0 aliphatic heterocycles. The van der Waals surface area contributed by atoms with Crippen molar-refractivity contribution in [1.82, 2.24) is 10.3 Å². The number of aliphatic hydroxyl groups is 1. The summed E-state index contributed by atoms with van der Waals surface area (Å²) >= 11 is 0. The summed E-state index contributed by atoms with van der Waals surface area (Å²) in [6.07, 6.45) is 2.01. The van der Waals surface area contributed by atoms with Crippen LogP contribution in [0.1, 0.15) is 43.1 Å². The Hall–Kier alpha value is -2.52. The van der Waals surface area contributed by atoms with Crippen LogP contribution in [0.15, 0.2) is 35.2 Å². The summed E-state index contributed by atoms with van der Waals surface area (Å²) in [6, 6.07) is 6.49. The number of sulfone groups is 1. The highest BCUT2D eigenvalue weighted by molar-refractivity contribution is 7.92. The number of aromatic nitrogens is 1. The van der Waals surface area contributed by atoms with Gasteiger partial charge in [-0.1, -0.05) is 12.8 Å². The smallest absolute Gasteiger partial charge is 0.272 e. The average Bonchev–Trinajstić information content (AvgIpc) is 3.22. The highest BCUT2D eigenvalue weighted by Gasteiger charge is 2.34. The lowest BCUT2D eigenvalue weighted by Crippen LogP contribution is -2.32. The molecule has 1 amide bonds. The molecule has 9 heteroatoms. The minimum absolute atomic E-state index is 0.00599. The Morgan fingerprint density at radius 1 is 1.31 bits per heavy atom. The van der Waals surface area contributed by atoms with E-state index in [9.17, 15) is 22.7 Å². The average molecular weight is 421 g/mol. The zero-order valence-corrected chi connectivity index (χ0v) is 16.9. The van der Waals surface area contributed by atoms with Gasteiger partial charge in [0.25, 0.3) is 5.91 Å². The van der Waals surface area contributed by atoms with E-state index in [4.69, 9.17) is 5.73 Å². The number of nitrogens with one attached hydrogen (secondary N) is 1. The van der Waals surface area contributed by atoms with Crippen molar-refractivity contribution in [3.8, 4) is 11.3 Å². The van der Waals surface area contributed by atoms with Gasteiger partial charge in [-0.3, -0.25) is 4.79 Å². The van der Waals surface area contributed by atoms with Gasteiger partial charge in [-0.2, -0.15) is 0 Å². The minimum atomic E-state index is -3.73. The van der Waals surface area contributed by atoms with Gasteiger partial charge in [0.2, 0.25) is 0 Å². The van der Waals surface area contributed by atoms with Gasteiger partial charge in [-0.05, 0) is 50.1 Å². The molecule has 7 nitrogen and oxygen atoms in total. The molecule has 1 saturated carbocycles. The maximum absolute atomic E-state index is 13.4. The molecule has 156 valence electrons. The van der Waals surface area contributed by atoms with Crippen molar-refractivity contribution in [1.29, 1.82) is 0 Å². The number of nitrogens with zero attached hydrogens (tertiary/aromatic N) is 1. The van der Waals surface area contributed by atoms with Crippen molar-refractivity contribution in [2.45, 2.75) is 48.9 Å². The largest absolute Gasteiger partial charge is 0.397 e. The van der Waals surface area contributed by atoms with E-state index < -0.39 is 32.9 Å². The molecule has 1 heterocycles. The van der Waals surface area contributed by atoms with Crippen LogP contribution in [0.2, 0.25) is 0 Å². The van der Waals surface area contributed by atoms with Crippen LogP contribution in [0, 0.1) is 5.82 Å². The van der Waals surface area contributed by atoms with Gasteiger partial charge in [-0.15, -0.1) is 0 Å². The Bertz CT molecular complexity index is 1000. The fourth-order valence-corrected chi connectivity index (χ4v) is 5.46. The molecule has 1 fully saturated rings. The second-order valence-corrected chi connectivity index (χ2v) is 9.49.